The molecule has 1 aliphatic heterocycles. The van der Waals surface area contributed by atoms with Crippen LogP contribution >= 0.6 is 7.75 Å². The van der Waals surface area contributed by atoms with Crippen molar-refractivity contribution in [3.8, 4) is 0 Å². The van der Waals surface area contributed by atoms with Gasteiger partial charge in [-0.2, -0.15) is 0 Å². The van der Waals surface area contributed by atoms with Gasteiger partial charge in [0.25, 0.3) is 5.91 Å². The van der Waals surface area contributed by atoms with Crippen molar-refractivity contribution < 1.29 is 28.7 Å². The topological polar surface area (TPSA) is 116 Å². The Kier molecular flexibility index (Phi) is 3.76. The molecule has 1 aliphatic rings. The van der Waals surface area contributed by atoms with Crippen molar-refractivity contribution in [3.05, 3.63) is 0 Å². The van der Waals surface area contributed by atoms with E-state index < -0.39 is 37.4 Å². The summed E-state index contributed by atoms with van der Waals surface area (Å²) in [6.07, 6.45) is -0.793. The van der Waals surface area contributed by atoms with E-state index in [1.165, 1.54) is 6.92 Å². The second-order valence-electron chi connectivity index (χ2n) is 5.06. The minimum atomic E-state index is -4.61. The second-order valence-corrected chi connectivity index (χ2v) is 6.52. The largest absolute Gasteiger partial charge is 0.444 e. The molecule has 1 saturated heterocycles. The molecular formula is C9H17N2O6P. The number of β-lactam (4-membered cyclic amide) rings is 1. The average Bonchev–Trinajstić information content (AvgIpc) is 2.09. The Morgan fingerprint density at radius 2 is 1.94 bits per heavy atom. The second kappa shape index (κ2) is 4.53. The van der Waals surface area contributed by atoms with Crippen LogP contribution in [0.1, 0.15) is 27.7 Å². The number of alkyl carbamates (subject to hydrolysis) is 1. The third-order valence-corrected chi connectivity index (χ3v) is 3.44. The maximum atomic E-state index is 11.5. The van der Waals surface area contributed by atoms with Crippen LogP contribution < -0.4 is 5.32 Å². The number of nitrogens with one attached hydrogen (secondary N) is 1. The van der Waals surface area contributed by atoms with Crippen molar-refractivity contribution in [1.82, 2.24) is 9.99 Å². The molecule has 0 aliphatic carbocycles. The lowest BCUT2D eigenvalue weighted by Gasteiger charge is -2.44. The number of nitrogens with zero attached hydrogens (tertiary/aromatic N) is 1. The van der Waals surface area contributed by atoms with Crippen molar-refractivity contribution in [3.63, 3.8) is 0 Å². The summed E-state index contributed by atoms with van der Waals surface area (Å²) >= 11 is 0. The van der Waals surface area contributed by atoms with Gasteiger partial charge in [0.2, 0.25) is 0 Å². The summed E-state index contributed by atoms with van der Waals surface area (Å²) in [5.41, 5.74) is -0.705. The molecule has 1 heterocycles. The lowest BCUT2D eigenvalue weighted by atomic mass is 10.0. The maximum absolute atomic E-state index is 11.5. The number of amides is 2. The molecule has 0 aromatic carbocycles. The van der Waals surface area contributed by atoms with Gasteiger partial charge in [-0.25, -0.2) is 14.0 Å². The van der Waals surface area contributed by atoms with Gasteiger partial charge in [0.1, 0.15) is 11.6 Å². The lowest BCUT2D eigenvalue weighted by Crippen LogP contribution is -2.68. The van der Waals surface area contributed by atoms with Crippen molar-refractivity contribution >= 4 is 19.7 Å². The predicted molar refractivity (Wildman–Crippen MR) is 61.5 cm³/mol. The van der Waals surface area contributed by atoms with Crippen molar-refractivity contribution in [1.29, 1.82) is 0 Å². The minimum absolute atomic E-state index is 0.440. The molecule has 2 amide bonds. The van der Waals surface area contributed by atoms with Crippen LogP contribution in [-0.2, 0) is 14.1 Å². The summed E-state index contributed by atoms with van der Waals surface area (Å²) < 4.78 is 16.3. The van der Waals surface area contributed by atoms with E-state index in [0.29, 0.717) is 4.67 Å². The summed E-state index contributed by atoms with van der Waals surface area (Å²) in [5.74, 6) is -0.818. The molecule has 0 aromatic heterocycles. The highest BCUT2D eigenvalue weighted by atomic mass is 31.2. The van der Waals surface area contributed by atoms with Gasteiger partial charge in [-0.15, -0.1) is 0 Å². The zero-order valence-electron chi connectivity index (χ0n) is 10.6. The van der Waals surface area contributed by atoms with E-state index in [-0.39, 0.29) is 0 Å². The molecule has 0 bridgehead atoms. The molecule has 104 valence electrons. The third kappa shape index (κ3) is 3.22. The molecule has 18 heavy (non-hydrogen) atoms. The summed E-state index contributed by atoms with van der Waals surface area (Å²) in [7, 11) is -4.61. The molecule has 0 saturated carbocycles. The molecule has 0 unspecified atom stereocenters. The fourth-order valence-electron chi connectivity index (χ4n) is 1.59. The van der Waals surface area contributed by atoms with Crippen molar-refractivity contribution in [2.75, 3.05) is 0 Å². The van der Waals surface area contributed by atoms with Gasteiger partial charge in [0.05, 0.1) is 6.04 Å². The van der Waals surface area contributed by atoms with E-state index in [4.69, 9.17) is 14.5 Å². The van der Waals surface area contributed by atoms with E-state index in [1.54, 1.807) is 20.8 Å². The predicted octanol–water partition coefficient (Wildman–Crippen LogP) is 0.203. The SMILES string of the molecule is C[C@H]1[C@@H](NC(=O)OC(C)(C)C)C(=O)N1P(=O)(O)O. The highest BCUT2D eigenvalue weighted by Crippen LogP contribution is 2.47. The van der Waals surface area contributed by atoms with Crippen LogP contribution in [0.5, 0.6) is 0 Å². The number of carbonyl (C=O) groups excluding carboxylic acids is 2. The number of carbonyl (C=O) groups is 2. The van der Waals surface area contributed by atoms with Crippen molar-refractivity contribution in [2.24, 2.45) is 0 Å². The Hall–Kier alpha value is -1.11. The molecule has 0 aromatic rings. The van der Waals surface area contributed by atoms with E-state index in [9.17, 15) is 14.2 Å². The normalized spacial score (nSPS) is 24.6. The monoisotopic (exact) mass is 280 g/mol. The summed E-state index contributed by atoms with van der Waals surface area (Å²) in [6, 6.07) is -1.74. The fraction of sp³-hybridized carbons (Fsp3) is 0.778. The van der Waals surface area contributed by atoms with Crippen LogP contribution in [0.25, 0.3) is 0 Å². The number of hydrogen-bond donors (Lipinski definition) is 3. The zero-order valence-corrected chi connectivity index (χ0v) is 11.5. The van der Waals surface area contributed by atoms with Crippen LogP contribution in [0.3, 0.4) is 0 Å². The van der Waals surface area contributed by atoms with Gasteiger partial charge in [0, 0.05) is 0 Å². The average molecular weight is 280 g/mol. The van der Waals surface area contributed by atoms with Gasteiger partial charge in [-0.05, 0) is 27.7 Å². The van der Waals surface area contributed by atoms with E-state index in [1.807, 2.05) is 0 Å². The Labute approximate surface area is 105 Å². The number of rotatable bonds is 2. The van der Waals surface area contributed by atoms with Gasteiger partial charge in [-0.1, -0.05) is 0 Å². The molecule has 0 radical (unpaired) electrons. The Bertz CT molecular complexity index is 412. The third-order valence-electron chi connectivity index (χ3n) is 2.31. The summed E-state index contributed by atoms with van der Waals surface area (Å²) in [5, 5.41) is 2.28. The van der Waals surface area contributed by atoms with Crippen LogP contribution in [0.2, 0.25) is 0 Å². The van der Waals surface area contributed by atoms with Gasteiger partial charge >= 0.3 is 13.8 Å². The molecule has 2 atom stereocenters. The molecular weight excluding hydrogens is 263 g/mol. The molecule has 8 nitrogen and oxygen atoms in total. The maximum Gasteiger partial charge on any atom is 0.432 e. The molecule has 1 rings (SSSR count). The van der Waals surface area contributed by atoms with Crippen LogP contribution in [0.4, 0.5) is 4.79 Å². The summed E-state index contributed by atoms with van der Waals surface area (Å²) in [4.78, 5) is 40.7. The first kappa shape index (κ1) is 14.9. The highest BCUT2D eigenvalue weighted by molar-refractivity contribution is 7.50. The number of hydrogen-bond acceptors (Lipinski definition) is 4. The van der Waals surface area contributed by atoms with Crippen molar-refractivity contribution in [2.45, 2.75) is 45.4 Å². The standard InChI is InChI=1S/C9H17N2O6P/c1-5-6(7(12)11(5)18(14,15)16)10-8(13)17-9(2,3)4/h5-6H,1-4H3,(H,10,13)(H2,14,15,16)/t5-,6+/m0/s1. The zero-order chi connectivity index (χ0) is 14.3. The van der Waals surface area contributed by atoms with Gasteiger partial charge < -0.3 is 19.8 Å². The Morgan fingerprint density at radius 3 is 2.28 bits per heavy atom. The summed E-state index contributed by atoms with van der Waals surface area (Å²) in [6.45, 7) is 6.43. The first-order chi connectivity index (χ1) is 7.93. The first-order valence-electron chi connectivity index (χ1n) is 5.32. The quantitative estimate of drug-likeness (QED) is 0.491. The first-order valence-corrected chi connectivity index (χ1v) is 6.88. The molecule has 1 fully saturated rings. The molecule has 3 N–H and O–H groups in total. The van der Waals surface area contributed by atoms with Gasteiger partial charge in [-0.3, -0.25) is 4.79 Å². The Balaban J connectivity index is 2.60. The molecule has 0 spiro atoms. The van der Waals surface area contributed by atoms with Crippen LogP contribution in [-0.4, -0.2) is 44.1 Å². The molecule has 9 heteroatoms. The Morgan fingerprint density at radius 1 is 1.44 bits per heavy atom. The number of ether oxygens (including phenoxy) is 1. The van der Waals surface area contributed by atoms with E-state index >= 15 is 0 Å². The van der Waals surface area contributed by atoms with E-state index in [0.717, 1.165) is 0 Å². The minimum Gasteiger partial charge on any atom is -0.444 e. The van der Waals surface area contributed by atoms with E-state index in [2.05, 4.69) is 5.32 Å². The lowest BCUT2D eigenvalue weighted by molar-refractivity contribution is -0.142. The van der Waals surface area contributed by atoms with Crippen LogP contribution in [0, 0.1) is 0 Å². The van der Waals surface area contributed by atoms with Gasteiger partial charge in [0.15, 0.2) is 0 Å². The fourth-order valence-corrected chi connectivity index (χ4v) is 2.58. The van der Waals surface area contributed by atoms with Crippen LogP contribution in [0.15, 0.2) is 0 Å². The smallest absolute Gasteiger partial charge is 0.432 e. The highest BCUT2D eigenvalue weighted by Gasteiger charge is 2.53.